The zero-order valence-electron chi connectivity index (χ0n) is 13.1. The Morgan fingerprint density at radius 1 is 1.08 bits per heavy atom. The largest absolute Gasteiger partial charge is 0.481 e. The first-order valence-electron chi connectivity index (χ1n) is 7.43. The highest BCUT2D eigenvalue weighted by Gasteiger charge is 2.25. The standard InChI is InChI=1S/C17H18ClNO4S/c1-2-13-3-7-15(8-4-13)19(12-11-17(20)21)24(22,23)16-9-5-14(18)6-10-16/h3-10H,2,11-12H2,1H3,(H,20,21). The van der Waals surface area contributed by atoms with E-state index in [0.29, 0.717) is 10.7 Å². The van der Waals surface area contributed by atoms with E-state index >= 15 is 0 Å². The highest BCUT2D eigenvalue weighted by molar-refractivity contribution is 7.92. The molecule has 128 valence electrons. The Kier molecular flexibility index (Phi) is 5.85. The molecular weight excluding hydrogens is 350 g/mol. The van der Waals surface area contributed by atoms with Crippen molar-refractivity contribution in [2.75, 3.05) is 10.8 Å². The molecule has 0 aromatic heterocycles. The lowest BCUT2D eigenvalue weighted by Crippen LogP contribution is -2.33. The summed E-state index contributed by atoms with van der Waals surface area (Å²) in [6.07, 6.45) is 0.543. The van der Waals surface area contributed by atoms with Crippen molar-refractivity contribution in [1.82, 2.24) is 0 Å². The Morgan fingerprint density at radius 3 is 2.17 bits per heavy atom. The third-order valence-electron chi connectivity index (χ3n) is 3.56. The van der Waals surface area contributed by atoms with Gasteiger partial charge < -0.3 is 5.11 Å². The van der Waals surface area contributed by atoms with Crippen molar-refractivity contribution < 1.29 is 18.3 Å². The summed E-state index contributed by atoms with van der Waals surface area (Å²) in [7, 11) is -3.87. The van der Waals surface area contributed by atoms with Crippen LogP contribution >= 0.6 is 11.6 Å². The summed E-state index contributed by atoms with van der Waals surface area (Å²) < 4.78 is 26.9. The third-order valence-corrected chi connectivity index (χ3v) is 5.66. The number of carboxylic acid groups (broad SMARTS) is 1. The Balaban J connectivity index is 2.43. The highest BCUT2D eigenvalue weighted by Crippen LogP contribution is 2.25. The van der Waals surface area contributed by atoms with Gasteiger partial charge in [-0.25, -0.2) is 8.42 Å². The SMILES string of the molecule is CCc1ccc(N(CCC(=O)O)S(=O)(=O)c2ccc(Cl)cc2)cc1. The number of sulfonamides is 1. The minimum absolute atomic E-state index is 0.0665. The van der Waals surface area contributed by atoms with Gasteiger partial charge in [-0.05, 0) is 48.4 Å². The summed E-state index contributed by atoms with van der Waals surface area (Å²) in [5, 5.41) is 9.35. The number of carboxylic acids is 1. The summed E-state index contributed by atoms with van der Waals surface area (Å²) >= 11 is 5.81. The quantitative estimate of drug-likeness (QED) is 0.811. The van der Waals surface area contributed by atoms with Crippen molar-refractivity contribution in [3.05, 3.63) is 59.1 Å². The van der Waals surface area contributed by atoms with Gasteiger partial charge in [-0.1, -0.05) is 30.7 Å². The number of benzene rings is 2. The zero-order valence-corrected chi connectivity index (χ0v) is 14.7. The van der Waals surface area contributed by atoms with Crippen LogP contribution in [0.15, 0.2) is 53.4 Å². The average molecular weight is 368 g/mol. The lowest BCUT2D eigenvalue weighted by molar-refractivity contribution is -0.136. The molecule has 5 nitrogen and oxygen atoms in total. The molecule has 0 heterocycles. The van der Waals surface area contributed by atoms with Crippen LogP contribution in [0.4, 0.5) is 5.69 Å². The van der Waals surface area contributed by atoms with Crippen LogP contribution in [-0.4, -0.2) is 26.0 Å². The molecule has 0 amide bonds. The zero-order chi connectivity index (χ0) is 17.7. The molecule has 0 fully saturated rings. The molecular formula is C17H18ClNO4S. The molecule has 7 heteroatoms. The Labute approximate surface area is 146 Å². The van der Waals surface area contributed by atoms with Crippen LogP contribution in [0.2, 0.25) is 5.02 Å². The van der Waals surface area contributed by atoms with Gasteiger partial charge >= 0.3 is 5.97 Å². The molecule has 0 aliphatic rings. The number of rotatable bonds is 7. The third kappa shape index (κ3) is 4.27. The summed E-state index contributed by atoms with van der Waals surface area (Å²) in [5.74, 6) is -1.06. The van der Waals surface area contributed by atoms with Crippen LogP contribution in [0.3, 0.4) is 0 Å². The number of nitrogens with zero attached hydrogens (tertiary/aromatic N) is 1. The van der Waals surface area contributed by atoms with Gasteiger partial charge in [0.1, 0.15) is 0 Å². The predicted octanol–water partition coefficient (Wildman–Crippen LogP) is 3.57. The summed E-state index contributed by atoms with van der Waals surface area (Å²) in [5.41, 5.74) is 1.50. The van der Waals surface area contributed by atoms with Crippen LogP contribution < -0.4 is 4.31 Å². The van der Waals surface area contributed by atoms with E-state index in [1.165, 1.54) is 24.3 Å². The molecule has 0 bridgehead atoms. The molecule has 24 heavy (non-hydrogen) atoms. The second kappa shape index (κ2) is 7.68. The Morgan fingerprint density at radius 2 is 1.67 bits per heavy atom. The van der Waals surface area contributed by atoms with Gasteiger partial charge in [-0.15, -0.1) is 0 Å². The molecule has 0 saturated heterocycles. The summed E-state index contributed by atoms with van der Waals surface area (Å²) in [6.45, 7) is 1.85. The topological polar surface area (TPSA) is 74.7 Å². The van der Waals surface area contributed by atoms with Crippen molar-refractivity contribution >= 4 is 33.3 Å². The first kappa shape index (κ1) is 18.3. The lowest BCUT2D eigenvalue weighted by atomic mass is 10.1. The summed E-state index contributed by atoms with van der Waals surface area (Å²) in [4.78, 5) is 11.0. The van der Waals surface area contributed by atoms with Gasteiger partial charge in [0.15, 0.2) is 0 Å². The van der Waals surface area contributed by atoms with Gasteiger partial charge in [0.2, 0.25) is 0 Å². The molecule has 1 N–H and O–H groups in total. The van der Waals surface area contributed by atoms with E-state index in [4.69, 9.17) is 16.7 Å². The van der Waals surface area contributed by atoms with Crippen LogP contribution in [0.5, 0.6) is 0 Å². The van der Waals surface area contributed by atoms with Gasteiger partial charge in [0, 0.05) is 11.6 Å². The van der Waals surface area contributed by atoms with Crippen LogP contribution in [0.25, 0.3) is 0 Å². The second-order valence-corrected chi connectivity index (χ2v) is 7.49. The van der Waals surface area contributed by atoms with Gasteiger partial charge in [0.25, 0.3) is 10.0 Å². The minimum atomic E-state index is -3.87. The lowest BCUT2D eigenvalue weighted by Gasteiger charge is -2.24. The van der Waals surface area contributed by atoms with Crippen molar-refractivity contribution in [3.63, 3.8) is 0 Å². The molecule has 0 unspecified atom stereocenters. The van der Waals surface area contributed by atoms with Gasteiger partial charge in [0.05, 0.1) is 17.0 Å². The van der Waals surface area contributed by atoms with Gasteiger partial charge in [-0.2, -0.15) is 0 Å². The van der Waals surface area contributed by atoms with Crippen molar-refractivity contribution in [1.29, 1.82) is 0 Å². The summed E-state index contributed by atoms with van der Waals surface area (Å²) in [6, 6.07) is 12.8. The van der Waals surface area contributed by atoms with E-state index in [2.05, 4.69) is 0 Å². The fourth-order valence-corrected chi connectivity index (χ4v) is 3.81. The molecule has 0 aliphatic carbocycles. The van der Waals surface area contributed by atoms with E-state index < -0.39 is 16.0 Å². The van der Waals surface area contributed by atoms with E-state index in [-0.39, 0.29) is 17.9 Å². The fraction of sp³-hybridized carbons (Fsp3) is 0.235. The van der Waals surface area contributed by atoms with Crippen LogP contribution in [-0.2, 0) is 21.2 Å². The Hall–Kier alpha value is -2.05. The molecule has 2 aromatic carbocycles. The molecule has 2 rings (SSSR count). The molecule has 0 saturated carbocycles. The smallest absolute Gasteiger partial charge is 0.305 e. The first-order valence-corrected chi connectivity index (χ1v) is 9.25. The highest BCUT2D eigenvalue weighted by atomic mass is 35.5. The maximum Gasteiger partial charge on any atom is 0.305 e. The minimum Gasteiger partial charge on any atom is -0.481 e. The number of hydrogen-bond acceptors (Lipinski definition) is 3. The molecule has 0 spiro atoms. The first-order chi connectivity index (χ1) is 11.3. The number of carbonyl (C=O) groups is 1. The van der Waals surface area contributed by atoms with E-state index in [1.54, 1.807) is 12.1 Å². The van der Waals surface area contributed by atoms with Crippen molar-refractivity contribution in [2.24, 2.45) is 0 Å². The number of aryl methyl sites for hydroxylation is 1. The predicted molar refractivity (Wildman–Crippen MR) is 94.1 cm³/mol. The van der Waals surface area contributed by atoms with Crippen molar-refractivity contribution in [2.45, 2.75) is 24.7 Å². The number of hydrogen-bond donors (Lipinski definition) is 1. The van der Waals surface area contributed by atoms with Crippen molar-refractivity contribution in [3.8, 4) is 0 Å². The van der Waals surface area contributed by atoms with E-state index in [1.807, 2.05) is 19.1 Å². The molecule has 0 radical (unpaired) electrons. The normalized spacial score (nSPS) is 11.2. The van der Waals surface area contributed by atoms with Crippen LogP contribution in [0, 0.1) is 0 Å². The number of aliphatic carboxylic acids is 1. The maximum atomic E-state index is 12.9. The van der Waals surface area contributed by atoms with E-state index in [9.17, 15) is 13.2 Å². The Bertz CT molecular complexity index is 801. The fourth-order valence-electron chi connectivity index (χ4n) is 2.22. The van der Waals surface area contributed by atoms with Crippen LogP contribution in [0.1, 0.15) is 18.9 Å². The molecule has 2 aromatic rings. The second-order valence-electron chi connectivity index (χ2n) is 5.19. The number of anilines is 1. The average Bonchev–Trinajstić information content (AvgIpc) is 2.55. The number of halogens is 1. The monoisotopic (exact) mass is 367 g/mol. The van der Waals surface area contributed by atoms with E-state index in [0.717, 1.165) is 16.3 Å². The van der Waals surface area contributed by atoms with Gasteiger partial charge in [-0.3, -0.25) is 9.10 Å². The molecule has 0 atom stereocenters. The maximum absolute atomic E-state index is 12.9. The molecule has 0 aliphatic heterocycles.